The minimum atomic E-state index is -0.284. The highest BCUT2D eigenvalue weighted by Gasteiger charge is 2.42. The smallest absolute Gasteiger partial charge is 0.144 e. The lowest BCUT2D eigenvalue weighted by molar-refractivity contribution is 0.657. The zero-order valence-corrected chi connectivity index (χ0v) is 32.2. The van der Waals surface area contributed by atoms with E-state index in [2.05, 4.69) is 184 Å². The van der Waals surface area contributed by atoms with Gasteiger partial charge >= 0.3 is 0 Å². The molecule has 0 aliphatic heterocycles. The van der Waals surface area contributed by atoms with Crippen molar-refractivity contribution in [3.8, 4) is 33.4 Å². The quantitative estimate of drug-likeness (QED) is 0.182. The molecule has 0 atom stereocenters. The minimum absolute atomic E-state index is 0.146. The molecule has 2 aliphatic rings. The highest BCUT2D eigenvalue weighted by atomic mass is 32.1. The summed E-state index contributed by atoms with van der Waals surface area (Å²) in [6.07, 6.45) is 0. The molecular formula is C52H39NOS. The summed E-state index contributed by atoms with van der Waals surface area (Å²) in [5.41, 5.74) is 17.4. The van der Waals surface area contributed by atoms with Crippen LogP contribution < -0.4 is 4.90 Å². The van der Waals surface area contributed by atoms with E-state index in [1.54, 1.807) is 0 Å². The molecule has 3 heteroatoms. The number of hydrogen-bond donors (Lipinski definition) is 1. The molecule has 8 aromatic carbocycles. The van der Waals surface area contributed by atoms with Crippen molar-refractivity contribution < 1.29 is 4.42 Å². The number of nitrogens with zero attached hydrogens (tertiary/aromatic N) is 1. The van der Waals surface area contributed by atoms with Gasteiger partial charge in [0.1, 0.15) is 11.2 Å². The minimum Gasteiger partial charge on any atom is -0.455 e. The number of furan rings is 1. The molecule has 2 aliphatic carbocycles. The third kappa shape index (κ3) is 4.45. The molecule has 0 saturated carbocycles. The van der Waals surface area contributed by atoms with Crippen LogP contribution in [-0.2, 0) is 10.8 Å². The summed E-state index contributed by atoms with van der Waals surface area (Å²) in [5, 5.41) is 4.84. The monoisotopic (exact) mass is 725 g/mol. The summed E-state index contributed by atoms with van der Waals surface area (Å²) in [7, 11) is 0. The fourth-order valence-electron chi connectivity index (χ4n) is 9.98. The standard InChI is InChI=1S/C52H39NOS/c1-51(2)40-22-10-7-18-35(40)36-28-27-33(30-42(36)51)53(32-16-13-15-31(29-32)34-17-9-12-26-45(34)55)43-24-14-23-41-47(43)48-49(52(41,3)4)38-20-6-5-19-37(38)46-39-21-8-11-25-44(39)54-50(46)48/h5-30,55H,1-4H3. The van der Waals surface area contributed by atoms with Crippen LogP contribution in [0, 0.1) is 0 Å². The number of fused-ring (bicyclic) bond motifs is 13. The highest BCUT2D eigenvalue weighted by Crippen LogP contribution is 2.60. The second-order valence-corrected chi connectivity index (χ2v) is 16.7. The van der Waals surface area contributed by atoms with E-state index in [-0.39, 0.29) is 10.8 Å². The van der Waals surface area contributed by atoms with Gasteiger partial charge in [-0.25, -0.2) is 0 Å². The van der Waals surface area contributed by atoms with Crippen LogP contribution in [0.25, 0.3) is 66.1 Å². The Morgan fingerprint density at radius 3 is 1.98 bits per heavy atom. The number of rotatable bonds is 4. The van der Waals surface area contributed by atoms with Crippen LogP contribution in [0.1, 0.15) is 49.9 Å². The van der Waals surface area contributed by atoms with Gasteiger partial charge in [-0.05, 0) is 97.7 Å². The van der Waals surface area contributed by atoms with Crippen molar-refractivity contribution in [2.75, 3.05) is 4.90 Å². The third-order valence-electron chi connectivity index (χ3n) is 12.5. The summed E-state index contributed by atoms with van der Waals surface area (Å²) in [4.78, 5) is 3.44. The van der Waals surface area contributed by atoms with Gasteiger partial charge in [0.15, 0.2) is 0 Å². The van der Waals surface area contributed by atoms with Crippen LogP contribution in [0.15, 0.2) is 167 Å². The Balaban J connectivity index is 1.24. The molecule has 1 heterocycles. The summed E-state index contributed by atoms with van der Waals surface area (Å²) in [6.45, 7) is 9.48. The van der Waals surface area contributed by atoms with Crippen molar-refractivity contribution in [1.82, 2.24) is 0 Å². The predicted molar refractivity (Wildman–Crippen MR) is 234 cm³/mol. The number of para-hydroxylation sites is 1. The summed E-state index contributed by atoms with van der Waals surface area (Å²) < 4.78 is 6.99. The first kappa shape index (κ1) is 32.4. The van der Waals surface area contributed by atoms with Crippen LogP contribution in [0.3, 0.4) is 0 Å². The zero-order valence-electron chi connectivity index (χ0n) is 31.3. The molecule has 0 unspecified atom stereocenters. The van der Waals surface area contributed by atoms with E-state index >= 15 is 0 Å². The Bertz CT molecular complexity index is 3070. The van der Waals surface area contributed by atoms with Crippen molar-refractivity contribution in [2.45, 2.75) is 43.4 Å². The summed E-state index contributed by atoms with van der Waals surface area (Å²) in [6, 6.07) is 57.5. The van der Waals surface area contributed by atoms with Crippen LogP contribution >= 0.6 is 12.6 Å². The summed E-state index contributed by atoms with van der Waals surface area (Å²) in [5.74, 6) is 0. The van der Waals surface area contributed by atoms with E-state index in [0.717, 1.165) is 49.6 Å². The van der Waals surface area contributed by atoms with E-state index in [1.165, 1.54) is 60.7 Å². The molecule has 0 N–H and O–H groups in total. The van der Waals surface area contributed by atoms with Crippen LogP contribution in [0.5, 0.6) is 0 Å². The second-order valence-electron chi connectivity index (χ2n) is 16.2. The van der Waals surface area contributed by atoms with Crippen molar-refractivity contribution in [1.29, 1.82) is 0 Å². The molecule has 0 bridgehead atoms. The van der Waals surface area contributed by atoms with Crippen molar-refractivity contribution in [2.24, 2.45) is 0 Å². The molecule has 55 heavy (non-hydrogen) atoms. The first-order chi connectivity index (χ1) is 26.7. The maximum absolute atomic E-state index is 6.99. The lowest BCUT2D eigenvalue weighted by atomic mass is 9.79. The van der Waals surface area contributed by atoms with Gasteiger partial charge in [0, 0.05) is 49.0 Å². The van der Waals surface area contributed by atoms with Crippen molar-refractivity contribution >= 4 is 62.4 Å². The molecule has 0 fully saturated rings. The van der Waals surface area contributed by atoms with E-state index in [0.29, 0.717) is 0 Å². The van der Waals surface area contributed by atoms with Crippen LogP contribution in [0.4, 0.5) is 17.1 Å². The Kier molecular flexibility index (Phi) is 6.77. The fraction of sp³-hybridized carbons (Fsp3) is 0.115. The molecular weight excluding hydrogens is 687 g/mol. The zero-order chi connectivity index (χ0) is 37.2. The number of hydrogen-bond acceptors (Lipinski definition) is 3. The normalized spacial score (nSPS) is 14.6. The Hall–Kier alpha value is -6.03. The second kappa shape index (κ2) is 11.5. The Morgan fingerprint density at radius 1 is 0.491 bits per heavy atom. The summed E-state index contributed by atoms with van der Waals surface area (Å²) >= 11 is 4.89. The molecule has 0 amide bonds. The molecule has 9 aromatic rings. The average molecular weight is 726 g/mol. The third-order valence-corrected chi connectivity index (χ3v) is 12.9. The van der Waals surface area contributed by atoms with Gasteiger partial charge < -0.3 is 9.32 Å². The maximum atomic E-state index is 6.99. The lowest BCUT2D eigenvalue weighted by Gasteiger charge is -2.30. The highest BCUT2D eigenvalue weighted by molar-refractivity contribution is 7.80. The molecule has 11 rings (SSSR count). The van der Waals surface area contributed by atoms with Gasteiger partial charge in [-0.1, -0.05) is 143 Å². The predicted octanol–water partition coefficient (Wildman–Crippen LogP) is 14.8. The van der Waals surface area contributed by atoms with Crippen molar-refractivity contribution in [3.63, 3.8) is 0 Å². The van der Waals surface area contributed by atoms with Gasteiger partial charge in [-0.2, -0.15) is 0 Å². The van der Waals surface area contributed by atoms with Crippen molar-refractivity contribution in [3.05, 3.63) is 180 Å². The molecule has 0 radical (unpaired) electrons. The molecule has 2 nitrogen and oxygen atoms in total. The average Bonchev–Trinajstić information content (AvgIpc) is 3.79. The van der Waals surface area contributed by atoms with E-state index in [1.807, 2.05) is 6.07 Å². The van der Waals surface area contributed by atoms with E-state index in [4.69, 9.17) is 17.0 Å². The van der Waals surface area contributed by atoms with E-state index in [9.17, 15) is 0 Å². The van der Waals surface area contributed by atoms with Gasteiger partial charge in [-0.15, -0.1) is 12.6 Å². The SMILES string of the molecule is CC1(C)c2ccccc2-c2ccc(N(c3cccc(-c4ccccc4S)c3)c3cccc4c3-c3c(c5ccccc5c5c3oc3ccccc35)C4(C)C)cc21. The molecule has 1 aromatic heterocycles. The van der Waals surface area contributed by atoms with Gasteiger partial charge in [-0.3, -0.25) is 0 Å². The Morgan fingerprint density at radius 2 is 1.15 bits per heavy atom. The topological polar surface area (TPSA) is 16.4 Å². The first-order valence-corrected chi connectivity index (χ1v) is 19.6. The lowest BCUT2D eigenvalue weighted by Crippen LogP contribution is -2.17. The van der Waals surface area contributed by atoms with Crippen LogP contribution in [-0.4, -0.2) is 0 Å². The first-order valence-electron chi connectivity index (χ1n) is 19.2. The number of anilines is 3. The van der Waals surface area contributed by atoms with Gasteiger partial charge in [0.2, 0.25) is 0 Å². The fourth-order valence-corrected chi connectivity index (χ4v) is 10.3. The Labute approximate surface area is 327 Å². The van der Waals surface area contributed by atoms with Gasteiger partial charge in [0.05, 0.1) is 5.69 Å². The van der Waals surface area contributed by atoms with Gasteiger partial charge in [0.25, 0.3) is 0 Å². The molecule has 264 valence electrons. The molecule has 0 spiro atoms. The maximum Gasteiger partial charge on any atom is 0.144 e. The van der Waals surface area contributed by atoms with Crippen LogP contribution in [0.2, 0.25) is 0 Å². The number of benzene rings is 8. The largest absolute Gasteiger partial charge is 0.455 e. The van der Waals surface area contributed by atoms with E-state index < -0.39 is 0 Å². The molecule has 0 saturated heterocycles. The number of thiol groups is 1.